The first-order valence-electron chi connectivity index (χ1n) is 8.22. The van der Waals surface area contributed by atoms with E-state index in [9.17, 15) is 19.6 Å². The number of hydrogen-bond donors (Lipinski definition) is 1. The van der Waals surface area contributed by atoms with Gasteiger partial charge < -0.3 is 14.8 Å². The van der Waals surface area contributed by atoms with Crippen molar-refractivity contribution in [1.29, 1.82) is 5.26 Å². The first-order valence-corrected chi connectivity index (χ1v) is 9.04. The van der Waals surface area contributed by atoms with Crippen LogP contribution in [0.4, 0.5) is 0 Å². The van der Waals surface area contributed by atoms with Gasteiger partial charge in [0.2, 0.25) is 11.7 Å². The van der Waals surface area contributed by atoms with Gasteiger partial charge in [0, 0.05) is 11.8 Å². The summed E-state index contributed by atoms with van der Waals surface area (Å²) in [6.45, 7) is 1.27. The zero-order chi connectivity index (χ0) is 20.5. The molecule has 0 atom stereocenters. The van der Waals surface area contributed by atoms with Gasteiger partial charge >= 0.3 is 5.97 Å². The van der Waals surface area contributed by atoms with E-state index in [4.69, 9.17) is 9.47 Å². The lowest BCUT2D eigenvalue weighted by atomic mass is 10.1. The van der Waals surface area contributed by atoms with Crippen molar-refractivity contribution in [2.24, 2.45) is 0 Å². The van der Waals surface area contributed by atoms with Crippen LogP contribution in [0.1, 0.15) is 27.0 Å². The number of nitrogens with one attached hydrogen (secondary N) is 1. The number of carbonyl (C=O) groups is 3. The fraction of sp³-hybridized carbons (Fsp3) is 0.200. The highest BCUT2D eigenvalue weighted by Gasteiger charge is 2.16. The molecule has 1 heterocycles. The SMILES string of the molecule is COc1ccc(/C=C(\C#N)C(=O)OCC(=O)c2ccc(CNC(C)=O)s2)cc1. The number of ether oxygens (including phenoxy) is 2. The summed E-state index contributed by atoms with van der Waals surface area (Å²) in [5, 5.41) is 11.8. The van der Waals surface area contributed by atoms with Crippen molar-refractivity contribution in [2.45, 2.75) is 13.5 Å². The zero-order valence-corrected chi connectivity index (χ0v) is 16.2. The first kappa shape index (κ1) is 20.9. The number of thiophene rings is 1. The predicted octanol–water partition coefficient (Wildman–Crippen LogP) is 2.73. The summed E-state index contributed by atoms with van der Waals surface area (Å²) in [5.74, 6) is -0.767. The highest BCUT2D eigenvalue weighted by molar-refractivity contribution is 7.14. The number of nitriles is 1. The maximum absolute atomic E-state index is 12.2. The van der Waals surface area contributed by atoms with Crippen LogP contribution in [0.5, 0.6) is 5.75 Å². The van der Waals surface area contributed by atoms with Gasteiger partial charge in [0.25, 0.3) is 0 Å². The van der Waals surface area contributed by atoms with Crippen molar-refractivity contribution in [3.63, 3.8) is 0 Å². The van der Waals surface area contributed by atoms with E-state index in [0.717, 1.165) is 4.88 Å². The molecule has 0 aliphatic rings. The van der Waals surface area contributed by atoms with Crippen molar-refractivity contribution in [1.82, 2.24) is 5.32 Å². The third-order valence-corrected chi connectivity index (χ3v) is 4.68. The number of esters is 1. The van der Waals surface area contributed by atoms with E-state index in [2.05, 4.69) is 5.32 Å². The summed E-state index contributed by atoms with van der Waals surface area (Å²) in [4.78, 5) is 36.4. The van der Waals surface area contributed by atoms with Gasteiger partial charge in [-0.15, -0.1) is 11.3 Å². The highest BCUT2D eigenvalue weighted by Crippen LogP contribution is 2.18. The molecule has 1 aromatic carbocycles. The third kappa shape index (κ3) is 6.07. The van der Waals surface area contributed by atoms with Crippen molar-refractivity contribution < 1.29 is 23.9 Å². The first-order chi connectivity index (χ1) is 13.4. The Kier molecular flexibility index (Phi) is 7.48. The van der Waals surface area contributed by atoms with Crippen molar-refractivity contribution >= 4 is 35.1 Å². The standard InChI is InChI=1S/C20H18N2O5S/c1-13(23)22-11-17-7-8-19(28-17)18(24)12-27-20(25)15(10-21)9-14-3-5-16(26-2)6-4-14/h3-9H,11-12H2,1-2H3,(H,22,23)/b15-9+. The maximum Gasteiger partial charge on any atom is 0.349 e. The molecular formula is C20H18N2O5S. The van der Waals surface area contributed by atoms with Crippen molar-refractivity contribution in [3.05, 3.63) is 57.3 Å². The number of carbonyl (C=O) groups excluding carboxylic acids is 3. The molecule has 0 saturated heterocycles. The van der Waals surface area contributed by atoms with E-state index in [1.165, 1.54) is 31.4 Å². The summed E-state index contributed by atoms with van der Waals surface area (Å²) in [6.07, 6.45) is 1.38. The average molecular weight is 398 g/mol. The minimum absolute atomic E-state index is 0.164. The number of methoxy groups -OCH3 is 1. The van der Waals surface area contributed by atoms with Crippen LogP contribution in [-0.2, 0) is 20.9 Å². The molecule has 144 valence electrons. The molecule has 1 amide bonds. The minimum Gasteiger partial charge on any atom is -0.497 e. The van der Waals surface area contributed by atoms with Gasteiger partial charge in [-0.05, 0) is 35.9 Å². The number of ketones is 1. The second kappa shape index (κ2) is 10.0. The molecule has 7 nitrogen and oxygen atoms in total. The molecule has 0 bridgehead atoms. The van der Waals surface area contributed by atoms with Crippen LogP contribution in [0.25, 0.3) is 6.08 Å². The van der Waals surface area contributed by atoms with Gasteiger partial charge in [0.1, 0.15) is 17.4 Å². The fourth-order valence-electron chi connectivity index (χ4n) is 2.12. The molecule has 8 heteroatoms. The average Bonchev–Trinajstić information content (AvgIpc) is 3.18. The zero-order valence-electron chi connectivity index (χ0n) is 15.4. The third-order valence-electron chi connectivity index (χ3n) is 3.55. The smallest absolute Gasteiger partial charge is 0.349 e. The van der Waals surface area contributed by atoms with Gasteiger partial charge in [0.15, 0.2) is 6.61 Å². The quantitative estimate of drug-likeness (QED) is 0.317. The van der Waals surface area contributed by atoms with E-state index in [0.29, 0.717) is 22.7 Å². The molecule has 0 saturated carbocycles. The van der Waals surface area contributed by atoms with Crippen LogP contribution < -0.4 is 10.1 Å². The van der Waals surface area contributed by atoms with Crippen molar-refractivity contribution in [2.75, 3.05) is 13.7 Å². The predicted molar refractivity (Wildman–Crippen MR) is 104 cm³/mol. The van der Waals surface area contributed by atoms with Gasteiger partial charge in [0.05, 0.1) is 18.5 Å². The molecule has 0 spiro atoms. The molecule has 2 rings (SSSR count). The molecule has 1 N–H and O–H groups in total. The van der Waals surface area contributed by atoms with Gasteiger partial charge in [-0.25, -0.2) is 4.79 Å². The lowest BCUT2D eigenvalue weighted by Gasteiger charge is -2.03. The van der Waals surface area contributed by atoms with Crippen LogP contribution in [0, 0.1) is 11.3 Å². The molecule has 0 aliphatic heterocycles. The van der Waals surface area contributed by atoms with E-state index in [-0.39, 0.29) is 17.3 Å². The van der Waals surface area contributed by atoms with E-state index in [1.807, 2.05) is 0 Å². The Morgan fingerprint density at radius 2 is 1.89 bits per heavy atom. The van der Waals surface area contributed by atoms with E-state index >= 15 is 0 Å². The van der Waals surface area contributed by atoms with Crippen LogP contribution in [0.3, 0.4) is 0 Å². The van der Waals surface area contributed by atoms with Crippen LogP contribution in [0.15, 0.2) is 42.0 Å². The lowest BCUT2D eigenvalue weighted by Crippen LogP contribution is -2.18. The molecule has 1 aromatic heterocycles. The lowest BCUT2D eigenvalue weighted by molar-refractivity contribution is -0.137. The molecule has 0 radical (unpaired) electrons. The fourth-order valence-corrected chi connectivity index (χ4v) is 2.99. The van der Waals surface area contributed by atoms with Crippen LogP contribution in [0.2, 0.25) is 0 Å². The Morgan fingerprint density at radius 3 is 2.50 bits per heavy atom. The molecule has 0 unspecified atom stereocenters. The highest BCUT2D eigenvalue weighted by atomic mass is 32.1. The minimum atomic E-state index is -0.873. The number of rotatable bonds is 8. The summed E-state index contributed by atoms with van der Waals surface area (Å²) in [5.41, 5.74) is 0.414. The van der Waals surface area contributed by atoms with E-state index < -0.39 is 12.6 Å². The Labute approximate surface area is 166 Å². The Hall–Kier alpha value is -3.44. The Balaban J connectivity index is 1.95. The number of nitrogens with zero attached hydrogens (tertiary/aromatic N) is 1. The Morgan fingerprint density at radius 1 is 1.18 bits per heavy atom. The van der Waals surface area contributed by atoms with Crippen LogP contribution >= 0.6 is 11.3 Å². The largest absolute Gasteiger partial charge is 0.497 e. The number of Topliss-reactive ketones (excluding diaryl/α,β-unsaturated/α-hetero) is 1. The monoisotopic (exact) mass is 398 g/mol. The summed E-state index contributed by atoms with van der Waals surface area (Å²) >= 11 is 1.21. The number of amides is 1. The molecular weight excluding hydrogens is 380 g/mol. The summed E-state index contributed by atoms with van der Waals surface area (Å²) in [6, 6.07) is 11.9. The summed E-state index contributed by atoms with van der Waals surface area (Å²) in [7, 11) is 1.54. The van der Waals surface area contributed by atoms with E-state index in [1.54, 1.807) is 42.5 Å². The normalized spacial score (nSPS) is 10.7. The Bertz CT molecular complexity index is 938. The number of hydrogen-bond acceptors (Lipinski definition) is 7. The number of benzene rings is 1. The van der Waals surface area contributed by atoms with Crippen LogP contribution in [-0.4, -0.2) is 31.4 Å². The van der Waals surface area contributed by atoms with Gasteiger partial charge in [-0.2, -0.15) is 5.26 Å². The molecule has 0 fully saturated rings. The second-order valence-corrected chi connectivity index (χ2v) is 6.79. The second-order valence-electron chi connectivity index (χ2n) is 5.62. The summed E-state index contributed by atoms with van der Waals surface area (Å²) < 4.78 is 10.0. The molecule has 28 heavy (non-hydrogen) atoms. The molecule has 2 aromatic rings. The van der Waals surface area contributed by atoms with Gasteiger partial charge in [-0.1, -0.05) is 12.1 Å². The maximum atomic E-state index is 12.2. The van der Waals surface area contributed by atoms with Crippen molar-refractivity contribution in [3.8, 4) is 11.8 Å². The topological polar surface area (TPSA) is 105 Å². The van der Waals surface area contributed by atoms with Gasteiger partial charge in [-0.3, -0.25) is 9.59 Å². The molecule has 0 aliphatic carbocycles.